The van der Waals surface area contributed by atoms with E-state index in [-0.39, 0.29) is 11.9 Å². The van der Waals surface area contributed by atoms with Crippen LogP contribution in [0.4, 0.5) is 0 Å². The lowest BCUT2D eigenvalue weighted by Gasteiger charge is -2.38. The standard InChI is InChI=1S/C16H25N3O4/c1-18(12-4-9-22-10-5-12)14-2-7-19(8-3-15(14)20)16(21)13-6-11-23-17-13/h6,11-12,14-15,20H,2-5,7-10H2,1H3/t14-,15-/m0/s1. The minimum absolute atomic E-state index is 0.0770. The highest BCUT2D eigenvalue weighted by molar-refractivity contribution is 5.92. The maximum Gasteiger partial charge on any atom is 0.276 e. The smallest absolute Gasteiger partial charge is 0.276 e. The number of rotatable bonds is 3. The van der Waals surface area contributed by atoms with Crippen molar-refractivity contribution in [3.63, 3.8) is 0 Å². The lowest BCUT2D eigenvalue weighted by Crippen LogP contribution is -2.48. The molecule has 2 fully saturated rings. The number of carbonyl (C=O) groups is 1. The molecule has 7 heteroatoms. The molecule has 1 aromatic rings. The fraction of sp³-hybridized carbons (Fsp3) is 0.750. The number of amides is 1. The summed E-state index contributed by atoms with van der Waals surface area (Å²) in [7, 11) is 2.08. The van der Waals surface area contributed by atoms with Crippen LogP contribution in [0.2, 0.25) is 0 Å². The van der Waals surface area contributed by atoms with E-state index in [1.807, 2.05) is 0 Å². The summed E-state index contributed by atoms with van der Waals surface area (Å²) in [4.78, 5) is 16.4. The maximum atomic E-state index is 12.4. The quantitative estimate of drug-likeness (QED) is 0.884. The molecule has 2 saturated heterocycles. The summed E-state index contributed by atoms with van der Waals surface area (Å²) in [6, 6.07) is 2.10. The summed E-state index contributed by atoms with van der Waals surface area (Å²) in [5.41, 5.74) is 0.329. The monoisotopic (exact) mass is 323 g/mol. The summed E-state index contributed by atoms with van der Waals surface area (Å²) in [5, 5.41) is 14.3. The predicted molar refractivity (Wildman–Crippen MR) is 83.0 cm³/mol. The van der Waals surface area contributed by atoms with Crippen molar-refractivity contribution < 1.29 is 19.2 Å². The van der Waals surface area contributed by atoms with Gasteiger partial charge in [0.25, 0.3) is 5.91 Å². The number of hydrogen-bond donors (Lipinski definition) is 1. The van der Waals surface area contributed by atoms with Gasteiger partial charge in [0.05, 0.1) is 6.10 Å². The minimum Gasteiger partial charge on any atom is -0.391 e. The zero-order valence-corrected chi connectivity index (χ0v) is 13.6. The third kappa shape index (κ3) is 3.73. The van der Waals surface area contributed by atoms with Crippen LogP contribution in [0, 0.1) is 0 Å². The summed E-state index contributed by atoms with van der Waals surface area (Å²) in [5.74, 6) is -0.125. The molecule has 0 bridgehead atoms. The van der Waals surface area contributed by atoms with Gasteiger partial charge in [-0.2, -0.15) is 0 Å². The fourth-order valence-corrected chi connectivity index (χ4v) is 3.60. The summed E-state index contributed by atoms with van der Waals surface area (Å²) in [6.07, 6.45) is 4.34. The highest BCUT2D eigenvalue weighted by Gasteiger charge is 2.33. The third-order valence-corrected chi connectivity index (χ3v) is 5.07. The number of nitrogens with zero attached hydrogens (tertiary/aromatic N) is 3. The number of aliphatic hydroxyl groups is 1. The Labute approximate surface area is 136 Å². The molecule has 1 N–H and O–H groups in total. The van der Waals surface area contributed by atoms with Crippen LogP contribution < -0.4 is 0 Å². The van der Waals surface area contributed by atoms with Crippen molar-refractivity contribution in [3.8, 4) is 0 Å². The fourth-order valence-electron chi connectivity index (χ4n) is 3.60. The van der Waals surface area contributed by atoms with Gasteiger partial charge in [-0.15, -0.1) is 0 Å². The van der Waals surface area contributed by atoms with E-state index in [0.29, 0.717) is 31.2 Å². The molecule has 0 unspecified atom stereocenters. The van der Waals surface area contributed by atoms with Gasteiger partial charge in [0, 0.05) is 44.5 Å². The van der Waals surface area contributed by atoms with Crippen LogP contribution in [-0.2, 0) is 4.74 Å². The van der Waals surface area contributed by atoms with Gasteiger partial charge < -0.3 is 19.3 Å². The van der Waals surface area contributed by atoms with E-state index in [0.717, 1.165) is 32.5 Å². The van der Waals surface area contributed by atoms with Crippen molar-refractivity contribution in [2.45, 2.75) is 43.9 Å². The molecule has 0 saturated carbocycles. The Kier molecular flexibility index (Phi) is 5.30. The number of hydrogen-bond acceptors (Lipinski definition) is 6. The van der Waals surface area contributed by atoms with E-state index in [9.17, 15) is 9.90 Å². The zero-order chi connectivity index (χ0) is 16.2. The van der Waals surface area contributed by atoms with Crippen molar-refractivity contribution in [1.29, 1.82) is 0 Å². The molecule has 2 aliphatic rings. The van der Waals surface area contributed by atoms with Gasteiger partial charge in [0.2, 0.25) is 0 Å². The molecule has 2 aliphatic heterocycles. The van der Waals surface area contributed by atoms with Crippen LogP contribution in [0.15, 0.2) is 16.9 Å². The predicted octanol–water partition coefficient (Wildman–Crippen LogP) is 0.751. The third-order valence-electron chi connectivity index (χ3n) is 5.07. The Morgan fingerprint density at radius 1 is 1.30 bits per heavy atom. The van der Waals surface area contributed by atoms with Gasteiger partial charge in [0.1, 0.15) is 6.26 Å². The van der Waals surface area contributed by atoms with Crippen LogP contribution in [0.1, 0.15) is 36.2 Å². The normalized spacial score (nSPS) is 27.2. The number of likely N-dealkylation sites (N-methyl/N-ethyl adjacent to an activating group) is 1. The first kappa shape index (κ1) is 16.4. The van der Waals surface area contributed by atoms with Crippen LogP contribution in [0.25, 0.3) is 0 Å². The molecule has 7 nitrogen and oxygen atoms in total. The Bertz CT molecular complexity index is 501. The van der Waals surface area contributed by atoms with Crippen molar-refractivity contribution in [2.24, 2.45) is 0 Å². The molecular weight excluding hydrogens is 298 g/mol. The number of likely N-dealkylation sites (tertiary alicyclic amines) is 1. The Morgan fingerprint density at radius 2 is 2.04 bits per heavy atom. The largest absolute Gasteiger partial charge is 0.391 e. The van der Waals surface area contributed by atoms with Crippen LogP contribution in [0.5, 0.6) is 0 Å². The first-order valence-electron chi connectivity index (χ1n) is 8.34. The molecule has 0 radical (unpaired) electrons. The maximum absolute atomic E-state index is 12.4. The van der Waals surface area contributed by atoms with Gasteiger partial charge in [-0.05, 0) is 32.7 Å². The summed E-state index contributed by atoms with van der Waals surface area (Å²) >= 11 is 0. The average Bonchev–Trinajstić information content (AvgIpc) is 3.05. The molecule has 0 spiro atoms. The number of aliphatic hydroxyl groups excluding tert-OH is 1. The summed E-state index contributed by atoms with van der Waals surface area (Å²) < 4.78 is 10.2. The van der Waals surface area contributed by atoms with E-state index >= 15 is 0 Å². The van der Waals surface area contributed by atoms with Crippen LogP contribution in [-0.4, -0.2) is 77.5 Å². The van der Waals surface area contributed by atoms with Gasteiger partial charge >= 0.3 is 0 Å². The topological polar surface area (TPSA) is 79.0 Å². The summed E-state index contributed by atoms with van der Waals surface area (Å²) in [6.45, 7) is 2.75. The molecule has 3 rings (SSSR count). The Hall–Kier alpha value is -1.44. The van der Waals surface area contributed by atoms with Crippen molar-refractivity contribution in [2.75, 3.05) is 33.4 Å². The van der Waals surface area contributed by atoms with Gasteiger partial charge in [-0.3, -0.25) is 9.69 Å². The molecule has 0 aromatic carbocycles. The molecule has 3 heterocycles. The number of ether oxygens (including phenoxy) is 1. The van der Waals surface area contributed by atoms with E-state index in [1.165, 1.54) is 6.26 Å². The molecule has 128 valence electrons. The van der Waals surface area contributed by atoms with E-state index in [2.05, 4.69) is 17.1 Å². The highest BCUT2D eigenvalue weighted by atomic mass is 16.5. The van der Waals surface area contributed by atoms with Gasteiger partial charge in [-0.1, -0.05) is 5.16 Å². The van der Waals surface area contributed by atoms with Crippen molar-refractivity contribution in [3.05, 3.63) is 18.0 Å². The minimum atomic E-state index is -0.419. The van der Waals surface area contributed by atoms with E-state index in [1.54, 1.807) is 11.0 Å². The van der Waals surface area contributed by atoms with Crippen molar-refractivity contribution in [1.82, 2.24) is 15.0 Å². The van der Waals surface area contributed by atoms with Crippen LogP contribution in [0.3, 0.4) is 0 Å². The van der Waals surface area contributed by atoms with Crippen molar-refractivity contribution >= 4 is 5.91 Å². The number of aromatic nitrogens is 1. The molecule has 23 heavy (non-hydrogen) atoms. The van der Waals surface area contributed by atoms with Gasteiger partial charge in [0.15, 0.2) is 5.69 Å². The molecule has 1 amide bonds. The van der Waals surface area contributed by atoms with Crippen LogP contribution >= 0.6 is 0 Å². The van der Waals surface area contributed by atoms with E-state index < -0.39 is 6.10 Å². The molecule has 2 atom stereocenters. The lowest BCUT2D eigenvalue weighted by molar-refractivity contribution is -0.00758. The second kappa shape index (κ2) is 7.42. The molecule has 1 aromatic heterocycles. The first-order chi connectivity index (χ1) is 11.2. The highest BCUT2D eigenvalue weighted by Crippen LogP contribution is 2.23. The molecular formula is C16H25N3O4. The second-order valence-corrected chi connectivity index (χ2v) is 6.40. The van der Waals surface area contributed by atoms with Gasteiger partial charge in [-0.25, -0.2) is 0 Å². The molecule has 0 aliphatic carbocycles. The number of carbonyl (C=O) groups excluding carboxylic acids is 1. The van der Waals surface area contributed by atoms with E-state index in [4.69, 9.17) is 9.26 Å². The zero-order valence-electron chi connectivity index (χ0n) is 13.6. The average molecular weight is 323 g/mol. The Morgan fingerprint density at radius 3 is 2.74 bits per heavy atom. The second-order valence-electron chi connectivity index (χ2n) is 6.40. The SMILES string of the molecule is CN(C1CCOCC1)[C@H]1CCN(C(=O)c2ccon2)CC[C@@H]1O. The first-order valence-corrected chi connectivity index (χ1v) is 8.34. The lowest BCUT2D eigenvalue weighted by atomic mass is 9.99. The Balaban J connectivity index is 1.62.